The fraction of sp³-hybridized carbons (Fsp3) is 0.125. The summed E-state index contributed by atoms with van der Waals surface area (Å²) >= 11 is 0. The van der Waals surface area contributed by atoms with Gasteiger partial charge in [0, 0.05) is 24.5 Å². The van der Waals surface area contributed by atoms with Crippen molar-refractivity contribution in [2.75, 3.05) is 11.9 Å². The average Bonchev–Trinajstić information content (AvgIpc) is 3.16. The fourth-order valence-corrected chi connectivity index (χ4v) is 3.56. The number of aromatic nitrogens is 4. The third-order valence-electron chi connectivity index (χ3n) is 5.05. The van der Waals surface area contributed by atoms with Crippen molar-refractivity contribution in [2.45, 2.75) is 12.8 Å². The van der Waals surface area contributed by atoms with Gasteiger partial charge in [-0.25, -0.2) is 9.50 Å². The van der Waals surface area contributed by atoms with Gasteiger partial charge in [-0.1, -0.05) is 42.5 Å². The second-order valence-corrected chi connectivity index (χ2v) is 7.11. The molecule has 0 unspecified atom stereocenters. The molecule has 1 N–H and O–H groups in total. The summed E-state index contributed by atoms with van der Waals surface area (Å²) in [5, 5.41) is 9.33. The maximum atomic E-state index is 4.76. The lowest BCUT2D eigenvalue weighted by Gasteiger charge is -2.08. The largest absolute Gasteiger partial charge is 0.368 e. The zero-order valence-electron chi connectivity index (χ0n) is 16.0. The molecular weight excluding hydrogens is 358 g/mol. The molecule has 0 fully saturated rings. The van der Waals surface area contributed by atoms with Crippen molar-refractivity contribution in [3.63, 3.8) is 0 Å². The van der Waals surface area contributed by atoms with E-state index in [0.717, 1.165) is 47.4 Å². The second-order valence-electron chi connectivity index (χ2n) is 7.11. The van der Waals surface area contributed by atoms with Crippen molar-refractivity contribution in [1.82, 2.24) is 19.6 Å². The van der Waals surface area contributed by atoms with Crippen LogP contribution in [-0.2, 0) is 12.8 Å². The van der Waals surface area contributed by atoms with Crippen molar-refractivity contribution >= 4 is 22.4 Å². The molecule has 0 radical (unpaired) electrons. The summed E-state index contributed by atoms with van der Waals surface area (Å²) in [4.78, 5) is 8.90. The van der Waals surface area contributed by atoms with Crippen molar-refractivity contribution in [3.8, 4) is 0 Å². The Balaban J connectivity index is 1.34. The van der Waals surface area contributed by atoms with E-state index in [1.807, 2.05) is 41.2 Å². The minimum absolute atomic E-state index is 0.770. The molecule has 5 rings (SSSR count). The van der Waals surface area contributed by atoms with Crippen molar-refractivity contribution in [2.24, 2.45) is 0 Å². The Morgan fingerprint density at radius 2 is 1.76 bits per heavy atom. The standard InChI is InChI=1S/C24H21N5/c1-2-5-18(6-3-1)12-14-26-23-10-11-24-27-17-21(29(24)28-23)16-19-8-9-22-20(15-19)7-4-13-25-22/h1-11,13,15,17H,12,14,16H2,(H,26,28). The number of nitrogens with zero attached hydrogens (tertiary/aromatic N) is 4. The Kier molecular flexibility index (Phi) is 4.62. The molecule has 0 saturated carbocycles. The zero-order chi connectivity index (χ0) is 19.5. The molecule has 5 aromatic rings. The summed E-state index contributed by atoms with van der Waals surface area (Å²) in [7, 11) is 0. The lowest BCUT2D eigenvalue weighted by atomic mass is 10.1. The summed E-state index contributed by atoms with van der Waals surface area (Å²) in [6.07, 6.45) is 5.46. The first-order valence-corrected chi connectivity index (χ1v) is 9.80. The molecular formula is C24H21N5. The lowest BCUT2D eigenvalue weighted by Crippen LogP contribution is -2.09. The highest BCUT2D eigenvalue weighted by Gasteiger charge is 2.08. The van der Waals surface area contributed by atoms with E-state index in [0.29, 0.717) is 0 Å². The molecule has 0 spiro atoms. The van der Waals surface area contributed by atoms with E-state index in [1.54, 1.807) is 0 Å². The minimum atomic E-state index is 0.770. The van der Waals surface area contributed by atoms with E-state index in [1.165, 1.54) is 11.1 Å². The maximum Gasteiger partial charge on any atom is 0.153 e. The molecule has 0 saturated heterocycles. The third-order valence-corrected chi connectivity index (χ3v) is 5.05. The predicted molar refractivity (Wildman–Crippen MR) is 116 cm³/mol. The number of fused-ring (bicyclic) bond motifs is 2. The van der Waals surface area contributed by atoms with Crippen LogP contribution in [-0.4, -0.2) is 26.1 Å². The molecule has 3 heterocycles. The number of rotatable bonds is 6. The van der Waals surface area contributed by atoms with Gasteiger partial charge in [0.2, 0.25) is 0 Å². The molecule has 5 heteroatoms. The van der Waals surface area contributed by atoms with Gasteiger partial charge < -0.3 is 5.32 Å². The molecule has 0 bridgehead atoms. The Hall–Kier alpha value is -3.73. The minimum Gasteiger partial charge on any atom is -0.368 e. The molecule has 3 aromatic heterocycles. The van der Waals surface area contributed by atoms with Gasteiger partial charge in [-0.2, -0.15) is 0 Å². The number of nitrogens with one attached hydrogen (secondary N) is 1. The number of imidazole rings is 1. The molecule has 2 aromatic carbocycles. The van der Waals surface area contributed by atoms with Crippen LogP contribution in [0.2, 0.25) is 0 Å². The van der Waals surface area contributed by atoms with Crippen LogP contribution in [0.4, 0.5) is 5.82 Å². The van der Waals surface area contributed by atoms with Crippen molar-refractivity contribution < 1.29 is 0 Å². The van der Waals surface area contributed by atoms with Gasteiger partial charge in [-0.15, -0.1) is 5.10 Å². The molecule has 142 valence electrons. The van der Waals surface area contributed by atoms with Crippen LogP contribution >= 0.6 is 0 Å². The second kappa shape index (κ2) is 7.72. The van der Waals surface area contributed by atoms with Gasteiger partial charge >= 0.3 is 0 Å². The number of hydrogen-bond acceptors (Lipinski definition) is 4. The fourth-order valence-electron chi connectivity index (χ4n) is 3.56. The molecule has 29 heavy (non-hydrogen) atoms. The molecule has 0 amide bonds. The van der Waals surface area contributed by atoms with E-state index < -0.39 is 0 Å². The summed E-state index contributed by atoms with van der Waals surface area (Å²) in [6, 6.07) is 24.9. The van der Waals surface area contributed by atoms with Crippen LogP contribution < -0.4 is 5.32 Å². The van der Waals surface area contributed by atoms with E-state index in [9.17, 15) is 0 Å². The smallest absolute Gasteiger partial charge is 0.153 e. The molecule has 0 aliphatic rings. The number of benzene rings is 2. The first-order valence-electron chi connectivity index (χ1n) is 9.80. The topological polar surface area (TPSA) is 55.1 Å². The quantitative estimate of drug-likeness (QED) is 0.471. The third kappa shape index (κ3) is 3.80. The van der Waals surface area contributed by atoms with Gasteiger partial charge in [0.25, 0.3) is 0 Å². The van der Waals surface area contributed by atoms with Crippen molar-refractivity contribution in [1.29, 1.82) is 0 Å². The predicted octanol–water partition coefficient (Wildman–Crippen LogP) is 4.52. The first-order chi connectivity index (χ1) is 14.3. The Bertz CT molecular complexity index is 1260. The Labute approximate surface area is 169 Å². The maximum absolute atomic E-state index is 4.76. The Morgan fingerprint density at radius 1 is 0.828 bits per heavy atom. The summed E-state index contributed by atoms with van der Waals surface area (Å²) in [5.41, 5.74) is 5.47. The van der Waals surface area contributed by atoms with E-state index in [-0.39, 0.29) is 0 Å². The van der Waals surface area contributed by atoms with Gasteiger partial charge in [0.15, 0.2) is 5.65 Å². The van der Waals surface area contributed by atoms with Crippen LogP contribution in [0.25, 0.3) is 16.6 Å². The van der Waals surface area contributed by atoms with Gasteiger partial charge in [-0.3, -0.25) is 4.98 Å². The SMILES string of the molecule is c1ccc(CCNc2ccc3ncc(Cc4ccc5ncccc5c4)n3n2)cc1. The van der Waals surface area contributed by atoms with Crippen LogP contribution in [0.5, 0.6) is 0 Å². The van der Waals surface area contributed by atoms with Crippen LogP contribution in [0.1, 0.15) is 16.8 Å². The molecule has 0 aliphatic carbocycles. The number of pyridine rings is 1. The summed E-state index contributed by atoms with van der Waals surface area (Å²) < 4.78 is 1.93. The van der Waals surface area contributed by atoms with Crippen LogP contribution in [0, 0.1) is 0 Å². The molecule has 0 aliphatic heterocycles. The number of hydrogen-bond donors (Lipinski definition) is 1. The highest BCUT2D eigenvalue weighted by atomic mass is 15.3. The van der Waals surface area contributed by atoms with E-state index in [2.05, 4.69) is 63.8 Å². The zero-order valence-corrected chi connectivity index (χ0v) is 16.0. The highest BCUT2D eigenvalue weighted by Crippen LogP contribution is 2.17. The normalized spacial score (nSPS) is 11.2. The molecule has 5 nitrogen and oxygen atoms in total. The lowest BCUT2D eigenvalue weighted by molar-refractivity contribution is 0.864. The van der Waals surface area contributed by atoms with Gasteiger partial charge in [0.1, 0.15) is 5.82 Å². The van der Waals surface area contributed by atoms with Gasteiger partial charge in [0.05, 0.1) is 17.4 Å². The van der Waals surface area contributed by atoms with Gasteiger partial charge in [-0.05, 0) is 47.9 Å². The summed E-state index contributed by atoms with van der Waals surface area (Å²) in [5.74, 6) is 0.857. The summed E-state index contributed by atoms with van der Waals surface area (Å²) in [6.45, 7) is 0.838. The monoisotopic (exact) mass is 379 g/mol. The van der Waals surface area contributed by atoms with Crippen molar-refractivity contribution in [3.05, 3.63) is 102 Å². The Morgan fingerprint density at radius 3 is 2.69 bits per heavy atom. The van der Waals surface area contributed by atoms with Crippen LogP contribution in [0.15, 0.2) is 85.2 Å². The molecule has 0 atom stereocenters. The number of anilines is 1. The first kappa shape index (κ1) is 17.4. The van der Waals surface area contributed by atoms with E-state index in [4.69, 9.17) is 5.10 Å². The highest BCUT2D eigenvalue weighted by molar-refractivity contribution is 5.79. The van der Waals surface area contributed by atoms with E-state index >= 15 is 0 Å². The average molecular weight is 379 g/mol. The van der Waals surface area contributed by atoms with Crippen LogP contribution in [0.3, 0.4) is 0 Å².